The smallest absolute Gasteiger partial charge is 0.242 e. The van der Waals surface area contributed by atoms with E-state index in [1.807, 2.05) is 20.8 Å². The molecule has 1 saturated heterocycles. The Bertz CT molecular complexity index is 387. The summed E-state index contributed by atoms with van der Waals surface area (Å²) in [6.07, 6.45) is -0.374. The normalized spacial score (nSPS) is 22.5. The molecule has 3 atom stereocenters. The van der Waals surface area contributed by atoms with Crippen LogP contribution in [0.5, 0.6) is 0 Å². The fourth-order valence-corrected chi connectivity index (χ4v) is 2.53. The largest absolute Gasteiger partial charge is 0.392 e. The van der Waals surface area contributed by atoms with E-state index in [1.54, 1.807) is 11.8 Å². The van der Waals surface area contributed by atoms with Crippen molar-refractivity contribution < 1.29 is 14.7 Å². The maximum Gasteiger partial charge on any atom is 0.242 e. The Balaban J connectivity index is 2.40. The highest BCUT2D eigenvalue weighted by atomic mass is 16.3. The van der Waals surface area contributed by atoms with Crippen LogP contribution >= 0.6 is 0 Å². The number of carbonyl (C=O) groups is 2. The molecule has 22 heavy (non-hydrogen) atoms. The predicted octanol–water partition coefficient (Wildman–Crippen LogP) is -1.00. The highest BCUT2D eigenvalue weighted by Crippen LogP contribution is 2.10. The summed E-state index contributed by atoms with van der Waals surface area (Å²) < 4.78 is 0. The lowest BCUT2D eigenvalue weighted by Crippen LogP contribution is -2.57. The number of nitrogens with two attached hydrogens (primary N) is 1. The Morgan fingerprint density at radius 1 is 1.32 bits per heavy atom. The minimum Gasteiger partial charge on any atom is -0.392 e. The highest BCUT2D eigenvalue weighted by Gasteiger charge is 2.27. The lowest BCUT2D eigenvalue weighted by molar-refractivity contribution is -0.135. The van der Waals surface area contributed by atoms with Crippen molar-refractivity contribution in [1.29, 1.82) is 0 Å². The van der Waals surface area contributed by atoms with Crippen LogP contribution in [0, 0.1) is 5.92 Å². The van der Waals surface area contributed by atoms with Gasteiger partial charge in [-0.25, -0.2) is 0 Å². The molecule has 2 amide bonds. The fraction of sp³-hybridized carbons (Fsp3) is 0.867. The minimum atomic E-state index is -0.588. The molecule has 1 fully saturated rings. The van der Waals surface area contributed by atoms with Gasteiger partial charge in [-0.2, -0.15) is 0 Å². The van der Waals surface area contributed by atoms with Crippen LogP contribution in [0.2, 0.25) is 0 Å². The molecule has 0 aliphatic carbocycles. The molecule has 0 aromatic heterocycles. The first-order chi connectivity index (χ1) is 10.2. The Kier molecular flexibility index (Phi) is 7.25. The molecular formula is C15H30N4O3. The van der Waals surface area contributed by atoms with E-state index in [9.17, 15) is 14.7 Å². The van der Waals surface area contributed by atoms with E-state index in [0.29, 0.717) is 19.6 Å². The van der Waals surface area contributed by atoms with Crippen molar-refractivity contribution in [2.45, 2.75) is 45.9 Å². The van der Waals surface area contributed by atoms with Crippen molar-refractivity contribution in [3.05, 3.63) is 0 Å². The van der Waals surface area contributed by atoms with E-state index < -0.39 is 6.04 Å². The maximum atomic E-state index is 12.2. The van der Waals surface area contributed by atoms with Crippen molar-refractivity contribution >= 4 is 11.8 Å². The average molecular weight is 314 g/mol. The molecule has 1 rings (SSSR count). The number of carbonyl (C=O) groups excluding carboxylic acids is 2. The van der Waals surface area contributed by atoms with Crippen LogP contribution in [0.25, 0.3) is 0 Å². The van der Waals surface area contributed by atoms with E-state index in [0.717, 1.165) is 6.54 Å². The molecule has 2 unspecified atom stereocenters. The Morgan fingerprint density at radius 2 is 1.95 bits per heavy atom. The summed E-state index contributed by atoms with van der Waals surface area (Å²) in [6, 6.07) is -0.393. The molecule has 0 aromatic carbocycles. The molecule has 0 bridgehead atoms. The van der Waals surface area contributed by atoms with Crippen molar-refractivity contribution in [2.75, 3.05) is 32.7 Å². The fourth-order valence-electron chi connectivity index (χ4n) is 2.53. The van der Waals surface area contributed by atoms with E-state index in [4.69, 9.17) is 5.73 Å². The second kappa shape index (κ2) is 8.45. The van der Waals surface area contributed by atoms with Crippen molar-refractivity contribution in [1.82, 2.24) is 15.1 Å². The van der Waals surface area contributed by atoms with Gasteiger partial charge in [-0.05, 0) is 19.8 Å². The summed E-state index contributed by atoms with van der Waals surface area (Å²) in [6.45, 7) is 10.1. The highest BCUT2D eigenvalue weighted by molar-refractivity contribution is 5.87. The standard InChI is InChI=1S/C15H30N4O3/c1-10(2)14(16)15(22)17-7-13(21)19-6-5-18(9-12(4)20)11(3)8-19/h10-12,14,20H,5-9,16H2,1-4H3,(H,17,22)/t11?,12?,14-/m0/s1. The zero-order valence-corrected chi connectivity index (χ0v) is 14.1. The Labute approximate surface area is 132 Å². The number of piperazine rings is 1. The number of β-amino-alcohol motifs (C(OH)–C–C–N with tert-alkyl or cyclic N) is 1. The molecule has 1 heterocycles. The summed E-state index contributed by atoms with van der Waals surface area (Å²) >= 11 is 0. The summed E-state index contributed by atoms with van der Waals surface area (Å²) in [5, 5.41) is 12.1. The van der Waals surface area contributed by atoms with Crippen LogP contribution in [0.1, 0.15) is 27.7 Å². The maximum absolute atomic E-state index is 12.2. The molecule has 1 aliphatic rings. The first-order valence-electron chi connectivity index (χ1n) is 7.95. The van der Waals surface area contributed by atoms with Gasteiger partial charge in [-0.1, -0.05) is 13.8 Å². The third-order valence-electron chi connectivity index (χ3n) is 4.05. The lowest BCUT2D eigenvalue weighted by atomic mass is 10.1. The number of amides is 2. The molecule has 0 aromatic rings. The predicted molar refractivity (Wildman–Crippen MR) is 85.1 cm³/mol. The third kappa shape index (κ3) is 5.55. The van der Waals surface area contributed by atoms with Gasteiger partial charge in [0.25, 0.3) is 0 Å². The second-order valence-electron chi connectivity index (χ2n) is 6.52. The van der Waals surface area contributed by atoms with Crippen LogP contribution < -0.4 is 11.1 Å². The number of aliphatic hydroxyl groups is 1. The summed E-state index contributed by atoms with van der Waals surface area (Å²) in [7, 11) is 0. The summed E-state index contributed by atoms with van der Waals surface area (Å²) in [5.74, 6) is -0.337. The average Bonchev–Trinajstić information content (AvgIpc) is 2.45. The van der Waals surface area contributed by atoms with Gasteiger partial charge in [0, 0.05) is 32.2 Å². The van der Waals surface area contributed by atoms with Gasteiger partial charge in [0.2, 0.25) is 11.8 Å². The van der Waals surface area contributed by atoms with Gasteiger partial charge in [0.05, 0.1) is 18.7 Å². The summed E-state index contributed by atoms with van der Waals surface area (Å²) in [4.78, 5) is 27.9. The monoisotopic (exact) mass is 314 g/mol. The Morgan fingerprint density at radius 3 is 2.45 bits per heavy atom. The van der Waals surface area contributed by atoms with E-state index in [2.05, 4.69) is 10.2 Å². The molecule has 4 N–H and O–H groups in total. The molecule has 1 aliphatic heterocycles. The van der Waals surface area contributed by atoms with Gasteiger partial charge in [-0.3, -0.25) is 14.5 Å². The first kappa shape index (κ1) is 18.9. The van der Waals surface area contributed by atoms with Gasteiger partial charge >= 0.3 is 0 Å². The molecule has 0 radical (unpaired) electrons. The zero-order valence-electron chi connectivity index (χ0n) is 14.1. The third-order valence-corrected chi connectivity index (χ3v) is 4.05. The van der Waals surface area contributed by atoms with Crippen molar-refractivity contribution in [3.8, 4) is 0 Å². The number of aliphatic hydroxyl groups excluding tert-OH is 1. The SMILES string of the molecule is CC(O)CN1CCN(C(=O)CNC(=O)[C@@H](N)C(C)C)CC1C. The van der Waals surface area contributed by atoms with Crippen LogP contribution in [0.15, 0.2) is 0 Å². The van der Waals surface area contributed by atoms with Crippen molar-refractivity contribution in [3.63, 3.8) is 0 Å². The minimum absolute atomic E-state index is 0.0115. The zero-order chi connectivity index (χ0) is 16.9. The van der Waals surface area contributed by atoms with Crippen LogP contribution in [0.3, 0.4) is 0 Å². The van der Waals surface area contributed by atoms with Crippen molar-refractivity contribution in [2.24, 2.45) is 11.7 Å². The summed E-state index contributed by atoms with van der Waals surface area (Å²) in [5.41, 5.74) is 5.74. The van der Waals surface area contributed by atoms with Gasteiger partial charge in [0.15, 0.2) is 0 Å². The second-order valence-corrected chi connectivity index (χ2v) is 6.52. The van der Waals surface area contributed by atoms with Gasteiger partial charge in [-0.15, -0.1) is 0 Å². The number of nitrogens with zero attached hydrogens (tertiary/aromatic N) is 2. The molecule has 7 nitrogen and oxygen atoms in total. The lowest BCUT2D eigenvalue weighted by Gasteiger charge is -2.40. The number of hydrogen-bond donors (Lipinski definition) is 3. The number of nitrogens with one attached hydrogen (secondary N) is 1. The van der Waals surface area contributed by atoms with Crippen LogP contribution in [-0.4, -0.2) is 77.6 Å². The van der Waals surface area contributed by atoms with E-state index in [1.165, 1.54) is 0 Å². The first-order valence-corrected chi connectivity index (χ1v) is 7.95. The topological polar surface area (TPSA) is 98.9 Å². The van der Waals surface area contributed by atoms with E-state index in [-0.39, 0.29) is 36.4 Å². The Hall–Kier alpha value is -1.18. The number of rotatable bonds is 6. The number of hydrogen-bond acceptors (Lipinski definition) is 5. The van der Waals surface area contributed by atoms with Gasteiger partial charge < -0.3 is 21.1 Å². The molecule has 0 saturated carbocycles. The van der Waals surface area contributed by atoms with Crippen LogP contribution in [0.4, 0.5) is 0 Å². The van der Waals surface area contributed by atoms with E-state index >= 15 is 0 Å². The molecular weight excluding hydrogens is 284 g/mol. The van der Waals surface area contributed by atoms with Gasteiger partial charge in [0.1, 0.15) is 0 Å². The molecule has 7 heteroatoms. The quantitative estimate of drug-likeness (QED) is 0.584. The van der Waals surface area contributed by atoms with Crippen LogP contribution in [-0.2, 0) is 9.59 Å². The molecule has 128 valence electrons. The molecule has 0 spiro atoms.